The predicted molar refractivity (Wildman–Crippen MR) is 91.5 cm³/mol. The highest BCUT2D eigenvalue weighted by atomic mass is 16.5. The molecule has 2 N–H and O–H groups in total. The van der Waals surface area contributed by atoms with Crippen molar-refractivity contribution in [3.05, 3.63) is 35.3 Å². The van der Waals surface area contributed by atoms with E-state index >= 15 is 0 Å². The van der Waals surface area contributed by atoms with Gasteiger partial charge in [-0.3, -0.25) is 5.41 Å². The van der Waals surface area contributed by atoms with Gasteiger partial charge in [0.25, 0.3) is 0 Å². The molecule has 22 heavy (non-hydrogen) atoms. The molecule has 1 aromatic heterocycles. The molecule has 122 valence electrons. The van der Waals surface area contributed by atoms with Gasteiger partial charge in [0.15, 0.2) is 0 Å². The molecule has 0 bridgehead atoms. The lowest BCUT2D eigenvalue weighted by Crippen LogP contribution is -2.38. The van der Waals surface area contributed by atoms with E-state index in [4.69, 9.17) is 10.1 Å². The van der Waals surface area contributed by atoms with E-state index in [1.165, 1.54) is 0 Å². The third-order valence-electron chi connectivity index (χ3n) is 4.18. The van der Waals surface area contributed by atoms with Gasteiger partial charge in [-0.05, 0) is 38.8 Å². The van der Waals surface area contributed by atoms with Gasteiger partial charge in [0.2, 0.25) is 0 Å². The second-order valence-electron chi connectivity index (χ2n) is 7.18. The van der Waals surface area contributed by atoms with Crippen LogP contribution in [0.5, 0.6) is 0 Å². The fourth-order valence-electron chi connectivity index (χ4n) is 2.79. The van der Waals surface area contributed by atoms with E-state index in [1.54, 1.807) is 0 Å². The van der Waals surface area contributed by atoms with Crippen LogP contribution < -0.4 is 5.32 Å². The second kappa shape index (κ2) is 6.69. The Balaban J connectivity index is 2.23. The second-order valence-corrected chi connectivity index (χ2v) is 7.18. The van der Waals surface area contributed by atoms with Gasteiger partial charge in [0, 0.05) is 47.8 Å². The largest absolute Gasteiger partial charge is 0.385 e. The van der Waals surface area contributed by atoms with E-state index in [0.717, 1.165) is 43.1 Å². The highest BCUT2D eigenvalue weighted by molar-refractivity contribution is 5.94. The van der Waals surface area contributed by atoms with E-state index in [0.29, 0.717) is 11.9 Å². The summed E-state index contributed by atoms with van der Waals surface area (Å²) in [6, 6.07) is 4.56. The first-order chi connectivity index (χ1) is 10.3. The number of nitrogens with one attached hydrogen (secondary N) is 2. The van der Waals surface area contributed by atoms with Crippen molar-refractivity contribution in [2.24, 2.45) is 5.41 Å². The van der Waals surface area contributed by atoms with Gasteiger partial charge < -0.3 is 14.6 Å². The van der Waals surface area contributed by atoms with Crippen LogP contribution in [0.2, 0.25) is 0 Å². The van der Waals surface area contributed by atoms with E-state index in [9.17, 15) is 0 Å². The Hall–Kier alpha value is -1.55. The highest BCUT2D eigenvalue weighted by Crippen LogP contribution is 2.25. The number of ether oxygens (including phenoxy) is 1. The zero-order valence-electron chi connectivity index (χ0n) is 14.5. The molecule has 4 heteroatoms. The number of hydrogen-bond acceptors (Lipinski definition) is 3. The van der Waals surface area contributed by atoms with Crippen molar-refractivity contribution in [3.8, 4) is 0 Å². The van der Waals surface area contributed by atoms with Crippen LogP contribution in [0.15, 0.2) is 23.9 Å². The highest BCUT2D eigenvalue weighted by Gasteiger charge is 2.22. The SMILES string of the molecule is Cc1ccc(C)n1C(=N)/C=C(\NC1CCOCC1)C(C)(C)C. The summed E-state index contributed by atoms with van der Waals surface area (Å²) < 4.78 is 7.42. The standard InChI is InChI=1S/C18H29N3O/c1-13-6-7-14(2)21(13)17(19)12-16(18(3,4)5)20-15-8-10-22-11-9-15/h6-7,12,15,19-20H,8-11H2,1-5H3/b16-12-,19-17?. The molecule has 1 aliphatic rings. The van der Waals surface area contributed by atoms with E-state index in [2.05, 4.69) is 38.2 Å². The average Bonchev–Trinajstić information content (AvgIpc) is 2.77. The molecule has 1 aromatic rings. The summed E-state index contributed by atoms with van der Waals surface area (Å²) in [4.78, 5) is 0. The van der Waals surface area contributed by atoms with E-state index in [1.807, 2.05) is 24.5 Å². The maximum Gasteiger partial charge on any atom is 0.130 e. The maximum atomic E-state index is 8.48. The van der Waals surface area contributed by atoms with Gasteiger partial charge in [-0.25, -0.2) is 0 Å². The number of aryl methyl sites for hydroxylation is 2. The van der Waals surface area contributed by atoms with Crippen LogP contribution in [0.4, 0.5) is 0 Å². The van der Waals surface area contributed by atoms with Crippen LogP contribution in [0.25, 0.3) is 0 Å². The molecule has 4 nitrogen and oxygen atoms in total. The third-order valence-corrected chi connectivity index (χ3v) is 4.18. The first-order valence-corrected chi connectivity index (χ1v) is 8.09. The van der Waals surface area contributed by atoms with Crippen molar-refractivity contribution in [2.75, 3.05) is 13.2 Å². The minimum absolute atomic E-state index is 0.0143. The molecular formula is C18H29N3O. The van der Waals surface area contributed by atoms with Crippen molar-refractivity contribution in [1.82, 2.24) is 9.88 Å². The van der Waals surface area contributed by atoms with Crippen molar-refractivity contribution in [2.45, 2.75) is 53.5 Å². The lowest BCUT2D eigenvalue weighted by Gasteiger charge is -2.31. The van der Waals surface area contributed by atoms with Crippen LogP contribution in [0, 0.1) is 24.7 Å². The fourth-order valence-corrected chi connectivity index (χ4v) is 2.79. The summed E-state index contributed by atoms with van der Waals surface area (Å²) >= 11 is 0. The van der Waals surface area contributed by atoms with Gasteiger partial charge >= 0.3 is 0 Å². The molecule has 2 rings (SSSR count). The first-order valence-electron chi connectivity index (χ1n) is 8.09. The fraction of sp³-hybridized carbons (Fsp3) is 0.611. The van der Waals surface area contributed by atoms with Gasteiger partial charge in [-0.1, -0.05) is 20.8 Å². The molecule has 0 unspecified atom stereocenters. The molecule has 0 radical (unpaired) electrons. The maximum absolute atomic E-state index is 8.48. The Bertz CT molecular complexity index is 538. The summed E-state index contributed by atoms with van der Waals surface area (Å²) in [6.45, 7) is 12.3. The third kappa shape index (κ3) is 4.01. The number of nitrogens with zero attached hydrogens (tertiary/aromatic N) is 1. The molecule has 0 aliphatic carbocycles. The topological polar surface area (TPSA) is 50.0 Å². The summed E-state index contributed by atoms with van der Waals surface area (Å²) in [5.74, 6) is 0.518. The molecule has 0 amide bonds. The summed E-state index contributed by atoms with van der Waals surface area (Å²) in [7, 11) is 0. The van der Waals surface area contributed by atoms with Crippen LogP contribution in [0.3, 0.4) is 0 Å². The lowest BCUT2D eigenvalue weighted by molar-refractivity contribution is 0.0790. The average molecular weight is 303 g/mol. The van der Waals surface area contributed by atoms with Crippen LogP contribution in [-0.2, 0) is 4.74 Å². The summed E-state index contributed by atoms with van der Waals surface area (Å²) in [5.41, 5.74) is 3.30. The Kier molecular flexibility index (Phi) is 5.12. The molecule has 0 aromatic carbocycles. The van der Waals surface area contributed by atoms with Gasteiger partial charge in [-0.2, -0.15) is 0 Å². The van der Waals surface area contributed by atoms with Crippen LogP contribution in [0.1, 0.15) is 45.0 Å². The van der Waals surface area contributed by atoms with Crippen molar-refractivity contribution in [1.29, 1.82) is 5.41 Å². The minimum atomic E-state index is -0.0143. The molecule has 0 atom stereocenters. The van der Waals surface area contributed by atoms with Crippen molar-refractivity contribution < 1.29 is 4.74 Å². The molecule has 1 aliphatic heterocycles. The minimum Gasteiger partial charge on any atom is -0.385 e. The Morgan fingerprint density at radius 3 is 2.27 bits per heavy atom. The number of allylic oxidation sites excluding steroid dienone is 2. The van der Waals surface area contributed by atoms with Gasteiger partial charge in [0.1, 0.15) is 5.84 Å². The predicted octanol–water partition coefficient (Wildman–Crippen LogP) is 3.63. The van der Waals surface area contributed by atoms with Crippen LogP contribution >= 0.6 is 0 Å². The molecule has 1 fully saturated rings. The molecular weight excluding hydrogens is 274 g/mol. The van der Waals surface area contributed by atoms with Crippen molar-refractivity contribution in [3.63, 3.8) is 0 Å². The Morgan fingerprint density at radius 2 is 1.77 bits per heavy atom. The smallest absolute Gasteiger partial charge is 0.130 e. The molecule has 0 spiro atoms. The monoisotopic (exact) mass is 303 g/mol. The van der Waals surface area contributed by atoms with E-state index in [-0.39, 0.29) is 5.41 Å². The zero-order chi connectivity index (χ0) is 16.3. The van der Waals surface area contributed by atoms with E-state index < -0.39 is 0 Å². The van der Waals surface area contributed by atoms with Crippen molar-refractivity contribution >= 4 is 5.84 Å². The molecule has 2 heterocycles. The molecule has 0 saturated carbocycles. The zero-order valence-corrected chi connectivity index (χ0v) is 14.5. The Labute approximate surface area is 134 Å². The summed E-state index contributed by atoms with van der Waals surface area (Å²) in [5, 5.41) is 12.1. The number of aromatic nitrogens is 1. The van der Waals surface area contributed by atoms with Gasteiger partial charge in [0.05, 0.1) is 0 Å². The number of hydrogen-bond donors (Lipinski definition) is 2. The summed E-state index contributed by atoms with van der Waals surface area (Å²) in [6.07, 6.45) is 4.04. The number of rotatable bonds is 3. The van der Waals surface area contributed by atoms with Gasteiger partial charge in [-0.15, -0.1) is 0 Å². The quantitative estimate of drug-likeness (QED) is 0.662. The Morgan fingerprint density at radius 1 is 1.23 bits per heavy atom. The normalized spacial score (nSPS) is 17.6. The lowest BCUT2D eigenvalue weighted by atomic mass is 9.90. The first kappa shape index (κ1) is 16.8. The van der Waals surface area contributed by atoms with Crippen LogP contribution in [-0.4, -0.2) is 29.7 Å². The molecule has 1 saturated heterocycles.